The van der Waals surface area contributed by atoms with Crippen molar-refractivity contribution in [3.05, 3.63) is 18.2 Å². The number of carbonyl (C=O) groups is 1. The number of aromatic amines is 1. The fourth-order valence-corrected chi connectivity index (χ4v) is 0.609. The summed E-state index contributed by atoms with van der Waals surface area (Å²) in [5.74, 6) is -0.260. The smallest absolute Gasteiger partial charge is 0.311 e. The largest absolute Gasteiger partial charge is 0.469 e. The minimum Gasteiger partial charge on any atom is -0.469 e. The van der Waals surface area contributed by atoms with Gasteiger partial charge >= 0.3 is 5.97 Å². The van der Waals surface area contributed by atoms with Gasteiger partial charge in [-0.3, -0.25) is 4.79 Å². The second kappa shape index (κ2) is 4.73. The molecule has 0 aliphatic carbocycles. The van der Waals surface area contributed by atoms with Gasteiger partial charge in [-0.2, -0.15) is 0 Å². The van der Waals surface area contributed by atoms with Gasteiger partial charge in [-0.15, -0.1) is 12.4 Å². The Kier molecular flexibility index (Phi) is 4.29. The van der Waals surface area contributed by atoms with Gasteiger partial charge in [0.05, 0.1) is 19.9 Å². The number of halogens is 1. The molecule has 0 bridgehead atoms. The molecule has 1 aromatic heterocycles. The van der Waals surface area contributed by atoms with Crippen LogP contribution in [0.25, 0.3) is 0 Å². The average Bonchev–Trinajstić information content (AvgIpc) is 2.40. The van der Waals surface area contributed by atoms with E-state index in [4.69, 9.17) is 0 Å². The topological polar surface area (TPSA) is 55.0 Å². The molecule has 1 N–H and O–H groups in total. The number of methoxy groups -OCH3 is 1. The predicted molar refractivity (Wildman–Crippen MR) is 41.6 cm³/mol. The van der Waals surface area contributed by atoms with E-state index in [2.05, 4.69) is 14.7 Å². The number of hydrogen-bond acceptors (Lipinski definition) is 3. The van der Waals surface area contributed by atoms with Crippen molar-refractivity contribution < 1.29 is 9.53 Å². The summed E-state index contributed by atoms with van der Waals surface area (Å²) in [6.07, 6.45) is 3.38. The normalized spacial score (nSPS) is 8.45. The van der Waals surface area contributed by atoms with Crippen LogP contribution in [0.4, 0.5) is 0 Å². The summed E-state index contributed by atoms with van der Waals surface area (Å²) in [4.78, 5) is 17.1. The summed E-state index contributed by atoms with van der Waals surface area (Å²) >= 11 is 0. The lowest BCUT2D eigenvalue weighted by molar-refractivity contribution is -0.139. The number of carbonyl (C=O) groups excluding carboxylic acids is 1. The number of ether oxygens (including phenoxy) is 1. The fourth-order valence-electron chi connectivity index (χ4n) is 0.609. The van der Waals surface area contributed by atoms with Crippen LogP contribution in [-0.4, -0.2) is 23.0 Å². The molecule has 0 fully saturated rings. The Hall–Kier alpha value is -1.03. The monoisotopic (exact) mass is 176 g/mol. The van der Waals surface area contributed by atoms with Crippen LogP contribution in [0.3, 0.4) is 0 Å². The second-order valence-electron chi connectivity index (χ2n) is 1.83. The lowest BCUT2D eigenvalue weighted by Gasteiger charge is -1.93. The van der Waals surface area contributed by atoms with Crippen molar-refractivity contribution in [2.45, 2.75) is 6.42 Å². The van der Waals surface area contributed by atoms with Crippen LogP contribution in [0, 0.1) is 0 Å². The number of H-pyrrole nitrogens is 1. The van der Waals surface area contributed by atoms with Gasteiger partial charge in [0, 0.05) is 11.9 Å². The first-order valence-corrected chi connectivity index (χ1v) is 2.87. The number of rotatable bonds is 2. The van der Waals surface area contributed by atoms with Gasteiger partial charge in [-0.05, 0) is 0 Å². The fraction of sp³-hybridized carbons (Fsp3) is 0.333. The van der Waals surface area contributed by atoms with Crippen LogP contribution in [0.2, 0.25) is 0 Å². The minimum atomic E-state index is -0.260. The molecule has 11 heavy (non-hydrogen) atoms. The van der Waals surface area contributed by atoms with Crippen LogP contribution < -0.4 is 0 Å². The molecule has 0 aliphatic rings. The molecule has 1 aromatic rings. The summed E-state index contributed by atoms with van der Waals surface area (Å²) < 4.78 is 4.44. The first-order valence-electron chi connectivity index (χ1n) is 2.87. The molecule has 5 heteroatoms. The van der Waals surface area contributed by atoms with Crippen molar-refractivity contribution in [1.29, 1.82) is 0 Å². The molecule has 0 saturated heterocycles. The van der Waals surface area contributed by atoms with Gasteiger partial charge in [0.25, 0.3) is 0 Å². The summed E-state index contributed by atoms with van der Waals surface area (Å²) in [7, 11) is 1.36. The Morgan fingerprint density at radius 2 is 2.55 bits per heavy atom. The summed E-state index contributed by atoms with van der Waals surface area (Å²) in [5, 5.41) is 0. The molecule has 0 unspecified atom stereocenters. The van der Waals surface area contributed by atoms with Crippen LogP contribution in [0.5, 0.6) is 0 Å². The molecule has 0 radical (unpaired) electrons. The second-order valence-corrected chi connectivity index (χ2v) is 1.83. The van der Waals surface area contributed by atoms with Gasteiger partial charge in [0.1, 0.15) is 0 Å². The highest BCUT2D eigenvalue weighted by Gasteiger charge is 2.01. The van der Waals surface area contributed by atoms with E-state index in [1.807, 2.05) is 0 Å². The van der Waals surface area contributed by atoms with Crippen molar-refractivity contribution in [3.8, 4) is 0 Å². The number of aromatic nitrogens is 2. The van der Waals surface area contributed by atoms with E-state index < -0.39 is 0 Å². The van der Waals surface area contributed by atoms with Crippen LogP contribution in [-0.2, 0) is 16.0 Å². The molecule has 0 amide bonds. The molecule has 1 heterocycles. The Labute approximate surface area is 70.4 Å². The molecular weight excluding hydrogens is 168 g/mol. The number of imidazole rings is 1. The highest BCUT2D eigenvalue weighted by molar-refractivity contribution is 5.85. The maximum Gasteiger partial charge on any atom is 0.311 e. The lowest BCUT2D eigenvalue weighted by Crippen LogP contribution is -2.04. The zero-order chi connectivity index (χ0) is 7.40. The van der Waals surface area contributed by atoms with Crippen LogP contribution in [0.15, 0.2) is 12.5 Å². The van der Waals surface area contributed by atoms with E-state index in [1.165, 1.54) is 13.4 Å². The van der Waals surface area contributed by atoms with Gasteiger partial charge in [-0.25, -0.2) is 4.98 Å². The highest BCUT2D eigenvalue weighted by Crippen LogP contribution is 1.92. The van der Waals surface area contributed by atoms with Crippen molar-refractivity contribution in [2.75, 3.05) is 7.11 Å². The molecular formula is C6H9ClN2O2. The Balaban J connectivity index is 0.000001000. The van der Waals surface area contributed by atoms with Crippen molar-refractivity contribution in [3.63, 3.8) is 0 Å². The maximum atomic E-state index is 10.6. The van der Waals surface area contributed by atoms with Gasteiger partial charge in [0.2, 0.25) is 0 Å². The first kappa shape index (κ1) is 9.97. The van der Waals surface area contributed by atoms with E-state index in [0.717, 1.165) is 5.69 Å². The molecule has 0 aromatic carbocycles. The zero-order valence-corrected chi connectivity index (χ0v) is 6.85. The van der Waals surface area contributed by atoms with Gasteiger partial charge in [0.15, 0.2) is 0 Å². The molecule has 0 spiro atoms. The van der Waals surface area contributed by atoms with Gasteiger partial charge < -0.3 is 9.72 Å². The standard InChI is InChI=1S/C6H8N2O2.ClH/c1-10-6(9)2-5-3-7-4-8-5;/h3-4H,2H2,1H3,(H,7,8);1H. The zero-order valence-electron chi connectivity index (χ0n) is 6.03. The third kappa shape index (κ3) is 3.04. The van der Waals surface area contributed by atoms with E-state index in [0.29, 0.717) is 0 Å². The summed E-state index contributed by atoms with van der Waals surface area (Å²) in [5.41, 5.74) is 0.770. The highest BCUT2D eigenvalue weighted by atomic mass is 35.5. The number of hydrogen-bond donors (Lipinski definition) is 1. The van der Waals surface area contributed by atoms with E-state index in [-0.39, 0.29) is 24.8 Å². The number of nitrogens with zero attached hydrogens (tertiary/aromatic N) is 1. The quantitative estimate of drug-likeness (QED) is 0.670. The predicted octanol–water partition coefficient (Wildman–Crippen LogP) is 0.547. The van der Waals surface area contributed by atoms with E-state index in [9.17, 15) is 4.79 Å². The molecule has 4 nitrogen and oxygen atoms in total. The maximum absolute atomic E-state index is 10.6. The Morgan fingerprint density at radius 3 is 3.00 bits per heavy atom. The van der Waals surface area contributed by atoms with Crippen LogP contribution >= 0.6 is 12.4 Å². The van der Waals surface area contributed by atoms with Crippen molar-refractivity contribution in [1.82, 2.24) is 9.97 Å². The van der Waals surface area contributed by atoms with Crippen LogP contribution in [0.1, 0.15) is 5.69 Å². The summed E-state index contributed by atoms with van der Waals surface area (Å²) in [6.45, 7) is 0. The molecule has 0 saturated carbocycles. The minimum absolute atomic E-state index is 0. The third-order valence-corrected chi connectivity index (χ3v) is 1.12. The van der Waals surface area contributed by atoms with E-state index in [1.54, 1.807) is 6.20 Å². The molecule has 62 valence electrons. The van der Waals surface area contributed by atoms with Crippen molar-refractivity contribution >= 4 is 18.4 Å². The van der Waals surface area contributed by atoms with Gasteiger partial charge in [-0.1, -0.05) is 0 Å². The third-order valence-electron chi connectivity index (χ3n) is 1.12. The molecule has 0 aliphatic heterocycles. The Morgan fingerprint density at radius 1 is 1.82 bits per heavy atom. The van der Waals surface area contributed by atoms with Crippen molar-refractivity contribution in [2.24, 2.45) is 0 Å². The average molecular weight is 177 g/mol. The number of esters is 1. The van der Waals surface area contributed by atoms with E-state index >= 15 is 0 Å². The summed E-state index contributed by atoms with van der Waals surface area (Å²) in [6, 6.07) is 0. The molecule has 1 rings (SSSR count). The SMILES string of the molecule is COC(=O)Cc1cnc[nH]1.Cl. The molecule has 0 atom stereocenters. The lowest BCUT2D eigenvalue weighted by atomic mass is 10.3. The Bertz CT molecular complexity index is 210. The first-order chi connectivity index (χ1) is 4.83. The number of nitrogens with one attached hydrogen (secondary N) is 1.